The van der Waals surface area contributed by atoms with Crippen LogP contribution >= 0.6 is 0 Å². The summed E-state index contributed by atoms with van der Waals surface area (Å²) in [5, 5.41) is 2.86. The van der Waals surface area contributed by atoms with Crippen molar-refractivity contribution in [2.45, 2.75) is 19.9 Å². The fourth-order valence-electron chi connectivity index (χ4n) is 1.07. The topological polar surface area (TPSA) is 67.4 Å². The van der Waals surface area contributed by atoms with Gasteiger partial charge in [0.25, 0.3) is 5.91 Å². The van der Waals surface area contributed by atoms with Gasteiger partial charge >= 0.3 is 0 Å². The summed E-state index contributed by atoms with van der Waals surface area (Å²) in [4.78, 5) is 26.3. The normalized spacial score (nSPS) is 22.8. The number of rotatable bonds is 3. The van der Waals surface area contributed by atoms with E-state index in [-0.39, 0.29) is 18.3 Å². The SMILES string of the molecule is CC(=O)C=C(C)NC1CONC1=O. The minimum absolute atomic E-state index is 0.0516. The molecule has 1 rings (SSSR count). The van der Waals surface area contributed by atoms with Crippen molar-refractivity contribution in [3.8, 4) is 0 Å². The number of ketones is 1. The second-order valence-electron chi connectivity index (χ2n) is 2.91. The van der Waals surface area contributed by atoms with Crippen molar-refractivity contribution < 1.29 is 14.4 Å². The van der Waals surface area contributed by atoms with Crippen molar-refractivity contribution in [2.75, 3.05) is 6.61 Å². The third-order valence-corrected chi connectivity index (χ3v) is 1.56. The highest BCUT2D eigenvalue weighted by Gasteiger charge is 2.24. The Labute approximate surface area is 76.1 Å². The van der Waals surface area contributed by atoms with Crippen LogP contribution in [0.5, 0.6) is 0 Å². The van der Waals surface area contributed by atoms with Gasteiger partial charge in [-0.15, -0.1) is 0 Å². The lowest BCUT2D eigenvalue weighted by atomic mass is 10.2. The fraction of sp³-hybridized carbons (Fsp3) is 0.500. The molecule has 0 aliphatic carbocycles. The number of hydrogen-bond acceptors (Lipinski definition) is 4. The van der Waals surface area contributed by atoms with E-state index in [4.69, 9.17) is 4.84 Å². The van der Waals surface area contributed by atoms with Crippen molar-refractivity contribution >= 4 is 11.7 Å². The number of nitrogens with one attached hydrogen (secondary N) is 2. The van der Waals surface area contributed by atoms with Gasteiger partial charge in [0, 0.05) is 5.70 Å². The molecular formula is C8H12N2O3. The first-order chi connectivity index (χ1) is 6.09. The molecule has 13 heavy (non-hydrogen) atoms. The summed E-state index contributed by atoms with van der Waals surface area (Å²) in [5.74, 6) is -0.263. The van der Waals surface area contributed by atoms with Crippen LogP contribution in [0.25, 0.3) is 0 Å². The van der Waals surface area contributed by atoms with Crippen LogP contribution in [0.4, 0.5) is 0 Å². The van der Waals surface area contributed by atoms with Crippen LogP contribution in [0, 0.1) is 0 Å². The van der Waals surface area contributed by atoms with E-state index in [2.05, 4.69) is 10.8 Å². The van der Waals surface area contributed by atoms with Crippen LogP contribution in [0.3, 0.4) is 0 Å². The lowest BCUT2D eigenvalue weighted by molar-refractivity contribution is -0.125. The van der Waals surface area contributed by atoms with Gasteiger partial charge in [0.2, 0.25) is 0 Å². The van der Waals surface area contributed by atoms with Crippen molar-refractivity contribution in [1.29, 1.82) is 0 Å². The maximum atomic E-state index is 11.0. The molecule has 5 heteroatoms. The van der Waals surface area contributed by atoms with E-state index in [1.54, 1.807) is 6.92 Å². The summed E-state index contributed by atoms with van der Waals surface area (Å²) in [6.07, 6.45) is 1.44. The summed E-state index contributed by atoms with van der Waals surface area (Å²) in [5.41, 5.74) is 2.88. The lowest BCUT2D eigenvalue weighted by Crippen LogP contribution is -2.36. The monoisotopic (exact) mass is 184 g/mol. The lowest BCUT2D eigenvalue weighted by Gasteiger charge is -2.08. The summed E-state index contributed by atoms with van der Waals surface area (Å²) in [6.45, 7) is 3.46. The van der Waals surface area contributed by atoms with E-state index in [1.165, 1.54) is 13.0 Å². The Morgan fingerprint density at radius 1 is 1.69 bits per heavy atom. The predicted molar refractivity (Wildman–Crippen MR) is 45.5 cm³/mol. The highest BCUT2D eigenvalue weighted by molar-refractivity contribution is 5.88. The molecule has 0 radical (unpaired) electrons. The van der Waals surface area contributed by atoms with Crippen molar-refractivity contribution in [3.05, 3.63) is 11.8 Å². The Bertz CT molecular complexity index is 260. The Balaban J connectivity index is 2.48. The molecule has 2 N–H and O–H groups in total. The standard InChI is InChI=1S/C8H12N2O3/c1-5(3-6(2)11)9-7-4-13-10-8(7)12/h3,7,9H,4H2,1-2H3,(H,10,12). The predicted octanol–water partition coefficient (Wildman–Crippen LogP) is -0.501. The maximum absolute atomic E-state index is 11.0. The molecule has 0 bridgehead atoms. The number of hydroxylamine groups is 1. The van der Waals surface area contributed by atoms with E-state index in [1.807, 2.05) is 0 Å². The number of carbonyl (C=O) groups excluding carboxylic acids is 2. The minimum Gasteiger partial charge on any atom is -0.375 e. The molecule has 1 fully saturated rings. The second kappa shape index (κ2) is 4.04. The van der Waals surface area contributed by atoms with Crippen LogP contribution in [0.1, 0.15) is 13.8 Å². The highest BCUT2D eigenvalue weighted by Crippen LogP contribution is 1.98. The molecule has 0 saturated carbocycles. The zero-order valence-electron chi connectivity index (χ0n) is 7.59. The van der Waals surface area contributed by atoms with Gasteiger partial charge in [0.15, 0.2) is 5.78 Å². The molecule has 1 amide bonds. The Morgan fingerprint density at radius 2 is 2.38 bits per heavy atom. The third-order valence-electron chi connectivity index (χ3n) is 1.56. The number of allylic oxidation sites excluding steroid dienone is 2. The molecule has 0 aromatic rings. The summed E-state index contributed by atoms with van der Waals surface area (Å²) in [6, 6.07) is -0.393. The highest BCUT2D eigenvalue weighted by atomic mass is 16.7. The maximum Gasteiger partial charge on any atom is 0.268 e. The zero-order valence-corrected chi connectivity index (χ0v) is 7.59. The molecule has 1 aliphatic rings. The molecule has 72 valence electrons. The molecule has 1 saturated heterocycles. The molecular weight excluding hydrogens is 172 g/mol. The summed E-state index contributed by atoms with van der Waals surface area (Å²) in [7, 11) is 0. The molecule has 1 heterocycles. The van der Waals surface area contributed by atoms with E-state index in [0.29, 0.717) is 5.70 Å². The van der Waals surface area contributed by atoms with E-state index in [9.17, 15) is 9.59 Å². The van der Waals surface area contributed by atoms with Crippen LogP contribution in [-0.2, 0) is 14.4 Å². The van der Waals surface area contributed by atoms with Gasteiger partial charge < -0.3 is 5.32 Å². The van der Waals surface area contributed by atoms with E-state index >= 15 is 0 Å². The minimum atomic E-state index is -0.393. The summed E-state index contributed by atoms with van der Waals surface area (Å²) < 4.78 is 0. The first kappa shape index (κ1) is 9.73. The number of amides is 1. The van der Waals surface area contributed by atoms with Crippen molar-refractivity contribution in [3.63, 3.8) is 0 Å². The Hall–Kier alpha value is -1.36. The average Bonchev–Trinajstić information content (AvgIpc) is 2.34. The molecule has 1 atom stereocenters. The largest absolute Gasteiger partial charge is 0.375 e. The van der Waals surface area contributed by atoms with Crippen LogP contribution < -0.4 is 10.8 Å². The van der Waals surface area contributed by atoms with Crippen LogP contribution in [-0.4, -0.2) is 24.3 Å². The van der Waals surface area contributed by atoms with E-state index < -0.39 is 6.04 Å². The Morgan fingerprint density at radius 3 is 2.85 bits per heavy atom. The van der Waals surface area contributed by atoms with Gasteiger partial charge in [-0.25, -0.2) is 5.48 Å². The molecule has 1 aliphatic heterocycles. The second-order valence-corrected chi connectivity index (χ2v) is 2.91. The van der Waals surface area contributed by atoms with Crippen LogP contribution in [0.2, 0.25) is 0 Å². The van der Waals surface area contributed by atoms with Crippen LogP contribution in [0.15, 0.2) is 11.8 Å². The van der Waals surface area contributed by atoms with Gasteiger partial charge in [0.05, 0.1) is 0 Å². The first-order valence-electron chi connectivity index (χ1n) is 3.96. The smallest absolute Gasteiger partial charge is 0.268 e. The van der Waals surface area contributed by atoms with Crippen molar-refractivity contribution in [1.82, 2.24) is 10.8 Å². The van der Waals surface area contributed by atoms with Gasteiger partial charge in [-0.3, -0.25) is 14.4 Å². The van der Waals surface area contributed by atoms with Crippen molar-refractivity contribution in [2.24, 2.45) is 0 Å². The fourth-order valence-corrected chi connectivity index (χ4v) is 1.07. The Kier molecular flexibility index (Phi) is 3.02. The average molecular weight is 184 g/mol. The van der Waals surface area contributed by atoms with Gasteiger partial charge in [-0.1, -0.05) is 0 Å². The first-order valence-corrected chi connectivity index (χ1v) is 3.96. The zero-order chi connectivity index (χ0) is 9.84. The third kappa shape index (κ3) is 2.87. The molecule has 0 spiro atoms. The quantitative estimate of drug-likeness (QED) is 0.580. The molecule has 5 nitrogen and oxygen atoms in total. The van der Waals surface area contributed by atoms with Gasteiger partial charge in [0.1, 0.15) is 12.6 Å². The van der Waals surface area contributed by atoms with Gasteiger partial charge in [-0.05, 0) is 19.9 Å². The van der Waals surface area contributed by atoms with E-state index in [0.717, 1.165) is 0 Å². The summed E-state index contributed by atoms with van der Waals surface area (Å²) >= 11 is 0. The van der Waals surface area contributed by atoms with Gasteiger partial charge in [-0.2, -0.15) is 0 Å². The molecule has 0 aromatic heterocycles. The number of hydrogen-bond donors (Lipinski definition) is 2. The number of carbonyl (C=O) groups is 2. The molecule has 1 unspecified atom stereocenters. The molecule has 0 aromatic carbocycles.